The number of anilines is 3. The molecule has 0 aliphatic carbocycles. The Labute approximate surface area is 144 Å². The first-order chi connectivity index (χ1) is 11.7. The number of hydrogen-bond acceptors (Lipinski definition) is 7. The lowest BCUT2D eigenvalue weighted by molar-refractivity contribution is 0.165. The van der Waals surface area contributed by atoms with Crippen LogP contribution in [0.2, 0.25) is 0 Å². The number of aromatic nitrogens is 2. The quantitative estimate of drug-likeness (QED) is 0.740. The molecule has 2 atom stereocenters. The van der Waals surface area contributed by atoms with Crippen LogP contribution in [0.5, 0.6) is 0 Å². The minimum absolute atomic E-state index is 0.231. The molecule has 0 bridgehead atoms. The molecule has 0 saturated carbocycles. The molecule has 0 unspecified atom stereocenters. The third kappa shape index (κ3) is 4.08. The molecule has 7 nitrogen and oxygen atoms in total. The maximum absolute atomic E-state index is 9.83. The molecule has 1 aromatic rings. The molecule has 2 aliphatic heterocycles. The summed E-state index contributed by atoms with van der Waals surface area (Å²) in [6.07, 6.45) is 5.30. The second kappa shape index (κ2) is 7.98. The molecule has 134 valence electrons. The Hall–Kier alpha value is -1.60. The summed E-state index contributed by atoms with van der Waals surface area (Å²) in [5, 5.41) is 12.9. The topological polar surface area (TPSA) is 90.5 Å². The van der Waals surface area contributed by atoms with Gasteiger partial charge in [-0.3, -0.25) is 0 Å². The fraction of sp³-hybridized carbons (Fsp3) is 0.765. The molecule has 24 heavy (non-hydrogen) atoms. The van der Waals surface area contributed by atoms with Gasteiger partial charge in [-0.2, -0.15) is 9.97 Å². The van der Waals surface area contributed by atoms with Gasteiger partial charge in [0.25, 0.3) is 0 Å². The Morgan fingerprint density at radius 3 is 2.54 bits per heavy atom. The fourth-order valence-electron chi connectivity index (χ4n) is 3.93. The van der Waals surface area contributed by atoms with Crippen molar-refractivity contribution in [2.75, 3.05) is 62.3 Å². The maximum atomic E-state index is 9.83. The van der Waals surface area contributed by atoms with Crippen molar-refractivity contribution in [3.05, 3.63) is 6.07 Å². The number of likely N-dealkylation sites (tertiary alicyclic amines) is 1. The summed E-state index contributed by atoms with van der Waals surface area (Å²) >= 11 is 0. The molecule has 4 N–H and O–H groups in total. The van der Waals surface area contributed by atoms with Crippen LogP contribution in [0.4, 0.5) is 17.6 Å². The van der Waals surface area contributed by atoms with Crippen molar-refractivity contribution in [2.45, 2.75) is 25.7 Å². The molecule has 0 spiro atoms. The lowest BCUT2D eigenvalue weighted by Gasteiger charge is -2.26. The maximum Gasteiger partial charge on any atom is 0.223 e. The molecule has 3 heterocycles. The molecule has 0 amide bonds. The number of nitrogens with zero attached hydrogens (tertiary/aromatic N) is 4. The van der Waals surface area contributed by atoms with E-state index in [0.29, 0.717) is 11.8 Å². The van der Waals surface area contributed by atoms with Crippen molar-refractivity contribution in [3.63, 3.8) is 0 Å². The smallest absolute Gasteiger partial charge is 0.223 e. The average Bonchev–Trinajstić information content (AvgIpc) is 2.81. The molecule has 7 heteroatoms. The zero-order valence-electron chi connectivity index (χ0n) is 14.6. The van der Waals surface area contributed by atoms with Crippen LogP contribution in [-0.4, -0.2) is 66.4 Å². The summed E-state index contributed by atoms with van der Waals surface area (Å²) in [7, 11) is 1.83. The highest BCUT2D eigenvalue weighted by Gasteiger charge is 2.34. The minimum Gasteiger partial charge on any atom is -0.396 e. The van der Waals surface area contributed by atoms with E-state index in [1.165, 1.54) is 38.8 Å². The highest BCUT2D eigenvalue weighted by molar-refractivity contribution is 5.53. The molecular weight excluding hydrogens is 304 g/mol. The number of rotatable bonds is 5. The predicted molar refractivity (Wildman–Crippen MR) is 97.2 cm³/mol. The zero-order chi connectivity index (χ0) is 16.9. The van der Waals surface area contributed by atoms with Crippen LogP contribution < -0.4 is 16.0 Å². The van der Waals surface area contributed by atoms with Gasteiger partial charge in [-0.05, 0) is 31.8 Å². The second-order valence-electron chi connectivity index (χ2n) is 7.04. The van der Waals surface area contributed by atoms with E-state index in [4.69, 9.17) is 5.73 Å². The predicted octanol–water partition coefficient (Wildman–Crippen LogP) is 1.02. The largest absolute Gasteiger partial charge is 0.396 e. The van der Waals surface area contributed by atoms with Crippen LogP contribution in [0.15, 0.2) is 6.07 Å². The molecule has 3 rings (SSSR count). The molecule has 1 aromatic heterocycles. The number of nitrogens with one attached hydrogen (secondary N) is 1. The van der Waals surface area contributed by atoms with Gasteiger partial charge in [0.1, 0.15) is 11.6 Å². The van der Waals surface area contributed by atoms with Crippen LogP contribution >= 0.6 is 0 Å². The Morgan fingerprint density at radius 1 is 1.17 bits per heavy atom. The molecule has 2 saturated heterocycles. The summed E-state index contributed by atoms with van der Waals surface area (Å²) < 4.78 is 0. The van der Waals surface area contributed by atoms with Gasteiger partial charge in [-0.15, -0.1) is 0 Å². The molecular formula is C17H30N6O. The SMILES string of the molecule is CNc1cc(N2C[C@@H](CN3CCCCCC3)[C@@H](CO)C2)nc(N)n1. The highest BCUT2D eigenvalue weighted by Crippen LogP contribution is 2.29. The van der Waals surface area contributed by atoms with Crippen molar-refractivity contribution in [3.8, 4) is 0 Å². The number of aliphatic hydroxyl groups excluding tert-OH is 1. The van der Waals surface area contributed by atoms with E-state index >= 15 is 0 Å². The third-order valence-electron chi connectivity index (χ3n) is 5.31. The van der Waals surface area contributed by atoms with Gasteiger partial charge in [-0.1, -0.05) is 12.8 Å². The lowest BCUT2D eigenvalue weighted by atomic mass is 9.96. The normalized spacial score (nSPS) is 25.7. The van der Waals surface area contributed by atoms with E-state index in [-0.39, 0.29) is 12.6 Å². The fourth-order valence-corrected chi connectivity index (χ4v) is 3.93. The second-order valence-corrected chi connectivity index (χ2v) is 7.04. The van der Waals surface area contributed by atoms with Gasteiger partial charge in [0, 0.05) is 45.3 Å². The Kier molecular flexibility index (Phi) is 5.73. The zero-order valence-corrected chi connectivity index (χ0v) is 14.6. The van der Waals surface area contributed by atoms with E-state index < -0.39 is 0 Å². The van der Waals surface area contributed by atoms with Crippen molar-refractivity contribution in [1.82, 2.24) is 14.9 Å². The minimum atomic E-state index is 0.231. The molecule has 2 aliphatic rings. The Morgan fingerprint density at radius 2 is 1.88 bits per heavy atom. The van der Waals surface area contributed by atoms with E-state index in [2.05, 4.69) is 25.1 Å². The number of aliphatic hydroxyl groups is 1. The van der Waals surface area contributed by atoms with E-state index in [0.717, 1.165) is 31.3 Å². The standard InChI is InChI=1S/C17H30N6O/c1-19-15-8-16(21-17(18)20-15)23-10-13(14(11-23)12-24)9-22-6-4-2-3-5-7-22/h8,13-14,24H,2-7,9-12H2,1H3,(H3,18,19,20,21)/t13-,14-/m1/s1. The number of nitrogens with two attached hydrogens (primary N) is 1. The number of hydrogen-bond donors (Lipinski definition) is 3. The van der Waals surface area contributed by atoms with Crippen LogP contribution in [-0.2, 0) is 0 Å². The monoisotopic (exact) mass is 334 g/mol. The first-order valence-electron chi connectivity index (χ1n) is 9.10. The van der Waals surface area contributed by atoms with Crippen molar-refractivity contribution >= 4 is 17.6 Å². The van der Waals surface area contributed by atoms with Crippen molar-refractivity contribution < 1.29 is 5.11 Å². The Bertz CT molecular complexity index is 532. The van der Waals surface area contributed by atoms with E-state index in [1.54, 1.807) is 0 Å². The van der Waals surface area contributed by atoms with Gasteiger partial charge in [0.15, 0.2) is 0 Å². The molecule has 0 aromatic carbocycles. The first kappa shape index (κ1) is 17.2. The van der Waals surface area contributed by atoms with Crippen LogP contribution in [0.3, 0.4) is 0 Å². The van der Waals surface area contributed by atoms with E-state index in [1.807, 2.05) is 13.1 Å². The number of nitrogen functional groups attached to an aromatic ring is 1. The van der Waals surface area contributed by atoms with Crippen molar-refractivity contribution in [2.24, 2.45) is 11.8 Å². The van der Waals surface area contributed by atoms with Gasteiger partial charge >= 0.3 is 0 Å². The highest BCUT2D eigenvalue weighted by atomic mass is 16.3. The molecule has 2 fully saturated rings. The van der Waals surface area contributed by atoms with Crippen LogP contribution in [0.1, 0.15) is 25.7 Å². The van der Waals surface area contributed by atoms with Gasteiger partial charge < -0.3 is 26.0 Å². The van der Waals surface area contributed by atoms with Crippen LogP contribution in [0.25, 0.3) is 0 Å². The lowest BCUT2D eigenvalue weighted by Crippen LogP contribution is -2.34. The van der Waals surface area contributed by atoms with E-state index in [9.17, 15) is 5.11 Å². The summed E-state index contributed by atoms with van der Waals surface area (Å²) in [4.78, 5) is 13.4. The van der Waals surface area contributed by atoms with Gasteiger partial charge in [0.05, 0.1) is 0 Å². The summed E-state index contributed by atoms with van der Waals surface area (Å²) in [5.74, 6) is 2.64. The third-order valence-corrected chi connectivity index (χ3v) is 5.31. The summed E-state index contributed by atoms with van der Waals surface area (Å²) in [6, 6.07) is 1.93. The van der Waals surface area contributed by atoms with Gasteiger partial charge in [-0.25, -0.2) is 0 Å². The van der Waals surface area contributed by atoms with Crippen LogP contribution in [0, 0.1) is 11.8 Å². The average molecular weight is 334 g/mol. The van der Waals surface area contributed by atoms with Crippen molar-refractivity contribution in [1.29, 1.82) is 0 Å². The van der Waals surface area contributed by atoms with Gasteiger partial charge in [0.2, 0.25) is 5.95 Å². The summed E-state index contributed by atoms with van der Waals surface area (Å²) in [6.45, 7) is 5.43. The Balaban J connectivity index is 1.68. The summed E-state index contributed by atoms with van der Waals surface area (Å²) in [5.41, 5.74) is 5.82. The molecule has 0 radical (unpaired) electrons. The first-order valence-corrected chi connectivity index (χ1v) is 9.10.